The lowest BCUT2D eigenvalue weighted by Gasteiger charge is -2.30. The van der Waals surface area contributed by atoms with Gasteiger partial charge in [0.2, 0.25) is 5.91 Å². The fourth-order valence-electron chi connectivity index (χ4n) is 2.41. The molecule has 3 N–H and O–H groups in total. The molecule has 18 heavy (non-hydrogen) atoms. The summed E-state index contributed by atoms with van der Waals surface area (Å²) in [6, 6.07) is 0.300. The third kappa shape index (κ3) is 3.41. The molecule has 0 radical (unpaired) electrons. The van der Waals surface area contributed by atoms with E-state index in [0.29, 0.717) is 17.0 Å². The van der Waals surface area contributed by atoms with Crippen LogP contribution in [-0.2, 0) is 11.3 Å². The summed E-state index contributed by atoms with van der Waals surface area (Å²) in [5, 5.41) is 7.68. The maximum atomic E-state index is 11.9. The smallest absolute Gasteiger partial charge is 0.241 e. The quantitative estimate of drug-likeness (QED) is 0.862. The van der Waals surface area contributed by atoms with Crippen molar-refractivity contribution in [3.63, 3.8) is 0 Å². The molecule has 1 saturated carbocycles. The van der Waals surface area contributed by atoms with Crippen LogP contribution in [0.4, 0.5) is 5.69 Å². The molecule has 2 atom stereocenters. The second kappa shape index (κ2) is 6.13. The van der Waals surface area contributed by atoms with Crippen molar-refractivity contribution >= 4 is 23.4 Å². The lowest BCUT2D eigenvalue weighted by molar-refractivity contribution is -0.122. The van der Waals surface area contributed by atoms with Gasteiger partial charge in [-0.25, -0.2) is 0 Å². The van der Waals surface area contributed by atoms with E-state index < -0.39 is 0 Å². The average molecular weight is 268 g/mol. The zero-order valence-electron chi connectivity index (χ0n) is 10.6. The van der Waals surface area contributed by atoms with Crippen molar-refractivity contribution in [2.24, 2.45) is 0 Å². The number of carbonyl (C=O) groups is 1. The van der Waals surface area contributed by atoms with E-state index in [9.17, 15) is 4.79 Å². The number of nitrogens with one attached hydrogen (secondary N) is 1. The molecule has 2 unspecified atom stereocenters. The standard InChI is InChI=1S/C12H20N4OS/c1-18-11-5-3-2-4-10(11)15-12(17)8-16-7-9(13)6-14-16/h6-7,10-11H,2-5,8,13H2,1H3,(H,15,17). The van der Waals surface area contributed by atoms with Crippen LogP contribution in [0.2, 0.25) is 0 Å². The van der Waals surface area contributed by atoms with E-state index in [0.717, 1.165) is 6.42 Å². The Bertz CT molecular complexity index is 407. The second-order valence-electron chi connectivity index (χ2n) is 4.70. The predicted octanol–water partition coefficient (Wildman–Crippen LogP) is 1.26. The summed E-state index contributed by atoms with van der Waals surface area (Å²) in [7, 11) is 0. The fourth-order valence-corrected chi connectivity index (χ4v) is 3.34. The molecule has 6 heteroatoms. The summed E-state index contributed by atoms with van der Waals surface area (Å²) in [6.45, 7) is 0.245. The van der Waals surface area contributed by atoms with E-state index in [1.54, 1.807) is 17.1 Å². The van der Waals surface area contributed by atoms with Gasteiger partial charge in [-0.1, -0.05) is 12.8 Å². The number of thioether (sulfide) groups is 1. The first-order chi connectivity index (χ1) is 8.69. The van der Waals surface area contributed by atoms with Gasteiger partial charge in [0.1, 0.15) is 6.54 Å². The topological polar surface area (TPSA) is 72.9 Å². The Hall–Kier alpha value is -1.17. The van der Waals surface area contributed by atoms with Crippen molar-refractivity contribution in [2.45, 2.75) is 43.5 Å². The van der Waals surface area contributed by atoms with Gasteiger partial charge in [0.15, 0.2) is 0 Å². The Balaban J connectivity index is 1.86. The number of carbonyl (C=O) groups excluding carboxylic acids is 1. The highest BCUT2D eigenvalue weighted by atomic mass is 32.2. The number of amides is 1. The molecular formula is C12H20N4OS. The molecule has 0 aromatic carbocycles. The molecular weight excluding hydrogens is 248 g/mol. The number of hydrogen-bond donors (Lipinski definition) is 2. The first kappa shape index (κ1) is 13.3. The van der Waals surface area contributed by atoms with Gasteiger partial charge < -0.3 is 11.1 Å². The highest BCUT2D eigenvalue weighted by Crippen LogP contribution is 2.27. The molecule has 1 aromatic heterocycles. The van der Waals surface area contributed by atoms with Crippen molar-refractivity contribution in [1.29, 1.82) is 0 Å². The van der Waals surface area contributed by atoms with Gasteiger partial charge in [-0.3, -0.25) is 9.48 Å². The van der Waals surface area contributed by atoms with E-state index in [1.807, 2.05) is 11.8 Å². The minimum Gasteiger partial charge on any atom is -0.396 e. The SMILES string of the molecule is CSC1CCCCC1NC(=O)Cn1cc(N)cn1. The van der Waals surface area contributed by atoms with Gasteiger partial charge in [0.25, 0.3) is 0 Å². The predicted molar refractivity (Wildman–Crippen MR) is 74.3 cm³/mol. The van der Waals surface area contributed by atoms with Gasteiger partial charge in [0, 0.05) is 17.5 Å². The Morgan fingerprint density at radius 3 is 3.06 bits per heavy atom. The fraction of sp³-hybridized carbons (Fsp3) is 0.667. The van der Waals surface area contributed by atoms with E-state index in [1.165, 1.54) is 19.3 Å². The number of nitrogens with two attached hydrogens (primary N) is 1. The average Bonchev–Trinajstić information content (AvgIpc) is 2.75. The summed E-state index contributed by atoms with van der Waals surface area (Å²) < 4.78 is 1.57. The summed E-state index contributed by atoms with van der Waals surface area (Å²) in [5.41, 5.74) is 6.15. The number of nitrogens with zero attached hydrogens (tertiary/aromatic N) is 2. The van der Waals surface area contributed by atoms with E-state index >= 15 is 0 Å². The largest absolute Gasteiger partial charge is 0.396 e. The molecule has 5 nitrogen and oxygen atoms in total. The van der Waals surface area contributed by atoms with Crippen LogP contribution in [0.3, 0.4) is 0 Å². The van der Waals surface area contributed by atoms with Crippen molar-refractivity contribution in [3.05, 3.63) is 12.4 Å². The highest BCUT2D eigenvalue weighted by molar-refractivity contribution is 7.99. The van der Waals surface area contributed by atoms with Gasteiger partial charge in [-0.05, 0) is 19.1 Å². The minimum absolute atomic E-state index is 0.0176. The molecule has 1 heterocycles. The Morgan fingerprint density at radius 2 is 2.39 bits per heavy atom. The van der Waals surface area contributed by atoms with Gasteiger partial charge in [-0.2, -0.15) is 16.9 Å². The Labute approximate surface area is 111 Å². The van der Waals surface area contributed by atoms with Gasteiger partial charge >= 0.3 is 0 Å². The van der Waals surface area contributed by atoms with Crippen molar-refractivity contribution in [3.8, 4) is 0 Å². The Kier molecular flexibility index (Phi) is 4.52. The van der Waals surface area contributed by atoms with Crippen LogP contribution in [0.1, 0.15) is 25.7 Å². The number of nitrogen functional groups attached to an aromatic ring is 1. The van der Waals surface area contributed by atoms with Crippen LogP contribution in [0.15, 0.2) is 12.4 Å². The highest BCUT2D eigenvalue weighted by Gasteiger charge is 2.25. The Morgan fingerprint density at radius 1 is 1.61 bits per heavy atom. The number of hydrogen-bond acceptors (Lipinski definition) is 4. The summed E-state index contributed by atoms with van der Waals surface area (Å²) in [6.07, 6.45) is 10.1. The third-order valence-corrected chi connectivity index (χ3v) is 4.48. The lowest BCUT2D eigenvalue weighted by Crippen LogP contribution is -2.44. The third-order valence-electron chi connectivity index (χ3n) is 3.31. The molecule has 1 aliphatic rings. The maximum absolute atomic E-state index is 11.9. The first-order valence-electron chi connectivity index (χ1n) is 6.29. The van der Waals surface area contributed by atoms with Crippen molar-refractivity contribution < 1.29 is 4.79 Å². The van der Waals surface area contributed by atoms with Crippen LogP contribution in [0.25, 0.3) is 0 Å². The summed E-state index contributed by atoms with van der Waals surface area (Å²) in [4.78, 5) is 11.9. The second-order valence-corrected chi connectivity index (χ2v) is 5.78. The van der Waals surface area contributed by atoms with Crippen LogP contribution in [-0.4, -0.2) is 33.2 Å². The van der Waals surface area contributed by atoms with E-state index in [-0.39, 0.29) is 12.5 Å². The molecule has 0 aliphatic heterocycles. The molecule has 100 valence electrons. The monoisotopic (exact) mass is 268 g/mol. The molecule has 0 bridgehead atoms. The van der Waals surface area contributed by atoms with Crippen LogP contribution in [0, 0.1) is 0 Å². The molecule has 0 saturated heterocycles. The van der Waals surface area contributed by atoms with Crippen molar-refractivity contribution in [2.75, 3.05) is 12.0 Å². The lowest BCUT2D eigenvalue weighted by atomic mass is 9.95. The number of rotatable bonds is 4. The normalized spacial score (nSPS) is 23.8. The maximum Gasteiger partial charge on any atom is 0.241 e. The first-order valence-corrected chi connectivity index (χ1v) is 7.58. The van der Waals surface area contributed by atoms with E-state index in [4.69, 9.17) is 5.73 Å². The molecule has 1 amide bonds. The number of aromatic nitrogens is 2. The van der Waals surface area contributed by atoms with Gasteiger partial charge in [0.05, 0.1) is 11.9 Å². The molecule has 2 rings (SSSR count). The number of anilines is 1. The molecule has 1 aliphatic carbocycles. The summed E-state index contributed by atoms with van der Waals surface area (Å²) >= 11 is 1.85. The zero-order valence-corrected chi connectivity index (χ0v) is 11.4. The van der Waals surface area contributed by atoms with Crippen molar-refractivity contribution in [1.82, 2.24) is 15.1 Å². The molecule has 0 spiro atoms. The zero-order chi connectivity index (χ0) is 13.0. The van der Waals surface area contributed by atoms with Gasteiger partial charge in [-0.15, -0.1) is 0 Å². The minimum atomic E-state index is 0.0176. The summed E-state index contributed by atoms with van der Waals surface area (Å²) in [5.74, 6) is 0.0176. The van der Waals surface area contributed by atoms with Crippen LogP contribution < -0.4 is 11.1 Å². The van der Waals surface area contributed by atoms with Crippen LogP contribution in [0.5, 0.6) is 0 Å². The van der Waals surface area contributed by atoms with E-state index in [2.05, 4.69) is 16.7 Å². The van der Waals surface area contributed by atoms with Crippen LogP contribution >= 0.6 is 11.8 Å². The molecule has 1 aromatic rings. The molecule has 1 fully saturated rings.